The van der Waals surface area contributed by atoms with Crippen LogP contribution < -0.4 is 5.73 Å². The number of imidazole rings is 1. The van der Waals surface area contributed by atoms with E-state index in [0.29, 0.717) is 0 Å². The minimum absolute atomic E-state index is 0.854. The van der Waals surface area contributed by atoms with E-state index in [-0.39, 0.29) is 0 Å². The second-order valence-corrected chi connectivity index (χ2v) is 4.44. The van der Waals surface area contributed by atoms with Crippen LogP contribution in [0.5, 0.6) is 0 Å². The molecule has 1 aromatic heterocycles. The van der Waals surface area contributed by atoms with Crippen molar-refractivity contribution in [1.29, 1.82) is 0 Å². The maximum Gasteiger partial charge on any atom is 0.126 e. The lowest BCUT2D eigenvalue weighted by Gasteiger charge is -2.01. The molecule has 2 N–H and O–H groups in total. The van der Waals surface area contributed by atoms with Crippen LogP contribution in [-0.4, -0.2) is 9.55 Å². The van der Waals surface area contributed by atoms with Gasteiger partial charge in [0.25, 0.3) is 0 Å². The molecule has 0 fully saturated rings. The van der Waals surface area contributed by atoms with Crippen LogP contribution in [0.3, 0.4) is 0 Å². The zero-order valence-electron chi connectivity index (χ0n) is 10.9. The van der Waals surface area contributed by atoms with E-state index in [1.165, 1.54) is 32.1 Å². The molecular formula is C13H25N3. The Morgan fingerprint density at radius 3 is 2.38 bits per heavy atom. The zero-order valence-corrected chi connectivity index (χ0v) is 10.9. The first-order valence-corrected chi connectivity index (χ1v) is 6.50. The fourth-order valence-electron chi connectivity index (χ4n) is 2.02. The predicted molar refractivity (Wildman–Crippen MR) is 69.5 cm³/mol. The topological polar surface area (TPSA) is 43.8 Å². The quantitative estimate of drug-likeness (QED) is 0.722. The largest absolute Gasteiger partial charge is 0.384 e. The van der Waals surface area contributed by atoms with Crippen LogP contribution in [-0.2, 0) is 19.9 Å². The van der Waals surface area contributed by atoms with Gasteiger partial charge in [-0.25, -0.2) is 4.98 Å². The zero-order chi connectivity index (χ0) is 12.0. The first kappa shape index (κ1) is 13.1. The number of nitrogens with zero attached hydrogens (tertiary/aromatic N) is 2. The molecule has 0 bridgehead atoms. The van der Waals surface area contributed by atoms with Gasteiger partial charge in [0, 0.05) is 13.5 Å². The number of anilines is 1. The molecule has 1 rings (SSSR count). The Balaban J connectivity index is 2.42. The van der Waals surface area contributed by atoms with Crippen molar-refractivity contribution < 1.29 is 0 Å². The number of nitrogens with two attached hydrogens (primary N) is 1. The minimum Gasteiger partial charge on any atom is -0.384 e. The summed E-state index contributed by atoms with van der Waals surface area (Å²) in [6, 6.07) is 0. The molecule has 0 unspecified atom stereocenters. The van der Waals surface area contributed by atoms with Crippen LogP contribution in [0.4, 0.5) is 5.82 Å². The van der Waals surface area contributed by atoms with E-state index in [0.717, 1.165) is 30.2 Å². The van der Waals surface area contributed by atoms with Crippen molar-refractivity contribution in [2.24, 2.45) is 7.05 Å². The van der Waals surface area contributed by atoms with Crippen molar-refractivity contribution in [2.75, 3.05) is 5.73 Å². The molecular weight excluding hydrogens is 198 g/mol. The monoisotopic (exact) mass is 223 g/mol. The molecule has 3 heteroatoms. The van der Waals surface area contributed by atoms with Gasteiger partial charge in [-0.1, -0.05) is 39.5 Å². The van der Waals surface area contributed by atoms with Gasteiger partial charge in [-0.2, -0.15) is 0 Å². The normalized spacial score (nSPS) is 10.9. The molecule has 92 valence electrons. The molecule has 0 amide bonds. The van der Waals surface area contributed by atoms with Crippen molar-refractivity contribution in [3.63, 3.8) is 0 Å². The maximum absolute atomic E-state index is 6.02. The third kappa shape index (κ3) is 3.26. The molecule has 3 nitrogen and oxygen atoms in total. The third-order valence-electron chi connectivity index (χ3n) is 3.14. The Morgan fingerprint density at radius 2 is 1.81 bits per heavy atom. The van der Waals surface area contributed by atoms with Crippen LogP contribution in [0.15, 0.2) is 0 Å². The number of rotatable bonds is 7. The highest BCUT2D eigenvalue weighted by Crippen LogP contribution is 2.16. The average molecular weight is 223 g/mol. The van der Waals surface area contributed by atoms with Crippen molar-refractivity contribution >= 4 is 5.82 Å². The van der Waals surface area contributed by atoms with E-state index in [1.54, 1.807) is 0 Å². The van der Waals surface area contributed by atoms with E-state index in [2.05, 4.69) is 18.8 Å². The molecule has 1 aromatic rings. The molecule has 0 atom stereocenters. The Kier molecular flexibility index (Phi) is 5.36. The number of aryl methyl sites for hydroxylation is 2. The van der Waals surface area contributed by atoms with Crippen molar-refractivity contribution in [1.82, 2.24) is 9.55 Å². The van der Waals surface area contributed by atoms with Crippen molar-refractivity contribution in [2.45, 2.75) is 58.8 Å². The maximum atomic E-state index is 6.02. The summed E-state index contributed by atoms with van der Waals surface area (Å²) in [4.78, 5) is 4.58. The highest BCUT2D eigenvalue weighted by molar-refractivity contribution is 5.38. The van der Waals surface area contributed by atoms with Gasteiger partial charge in [0.1, 0.15) is 11.6 Å². The molecule has 0 saturated heterocycles. The molecule has 16 heavy (non-hydrogen) atoms. The number of hydrogen-bond acceptors (Lipinski definition) is 2. The summed E-state index contributed by atoms with van der Waals surface area (Å²) >= 11 is 0. The van der Waals surface area contributed by atoms with E-state index in [4.69, 9.17) is 5.73 Å². The third-order valence-corrected chi connectivity index (χ3v) is 3.14. The fraction of sp³-hybridized carbons (Fsp3) is 0.769. The molecule has 1 heterocycles. The molecule has 0 saturated carbocycles. The summed E-state index contributed by atoms with van der Waals surface area (Å²) in [5.74, 6) is 1.95. The molecule has 0 aliphatic heterocycles. The van der Waals surface area contributed by atoms with Gasteiger partial charge < -0.3 is 10.3 Å². The first-order chi connectivity index (χ1) is 7.70. The summed E-state index contributed by atoms with van der Waals surface area (Å²) in [5.41, 5.74) is 7.11. The number of nitrogen functional groups attached to an aromatic ring is 1. The van der Waals surface area contributed by atoms with Gasteiger partial charge in [0.15, 0.2) is 0 Å². The molecule has 0 aliphatic carbocycles. The smallest absolute Gasteiger partial charge is 0.126 e. The fourth-order valence-corrected chi connectivity index (χ4v) is 2.02. The van der Waals surface area contributed by atoms with Crippen LogP contribution in [0.25, 0.3) is 0 Å². The second-order valence-electron chi connectivity index (χ2n) is 4.44. The highest BCUT2D eigenvalue weighted by atomic mass is 15.1. The van der Waals surface area contributed by atoms with Gasteiger partial charge >= 0.3 is 0 Å². The first-order valence-electron chi connectivity index (χ1n) is 6.50. The van der Waals surface area contributed by atoms with Gasteiger partial charge in [-0.3, -0.25) is 0 Å². The van der Waals surface area contributed by atoms with Crippen LogP contribution in [0.2, 0.25) is 0 Å². The lowest BCUT2D eigenvalue weighted by Crippen LogP contribution is -2.01. The predicted octanol–water partition coefficient (Wildman–Crippen LogP) is 3.08. The number of aromatic nitrogens is 2. The number of unbranched alkanes of at least 4 members (excludes halogenated alkanes) is 4. The van der Waals surface area contributed by atoms with Gasteiger partial charge in [0.05, 0.1) is 5.69 Å². The summed E-state index contributed by atoms with van der Waals surface area (Å²) in [6.45, 7) is 4.36. The van der Waals surface area contributed by atoms with E-state index in [1.807, 2.05) is 11.6 Å². The molecule has 0 aliphatic rings. The lowest BCUT2D eigenvalue weighted by molar-refractivity contribution is 0.629. The Labute approximate surface area is 99.1 Å². The highest BCUT2D eigenvalue weighted by Gasteiger charge is 2.09. The van der Waals surface area contributed by atoms with Crippen molar-refractivity contribution in [3.8, 4) is 0 Å². The van der Waals surface area contributed by atoms with Gasteiger partial charge in [-0.15, -0.1) is 0 Å². The van der Waals surface area contributed by atoms with Crippen LogP contribution in [0.1, 0.15) is 57.5 Å². The molecule has 0 aromatic carbocycles. The summed E-state index contributed by atoms with van der Waals surface area (Å²) in [5, 5.41) is 0. The minimum atomic E-state index is 0.854. The summed E-state index contributed by atoms with van der Waals surface area (Å²) < 4.78 is 2.02. The molecule has 0 radical (unpaired) electrons. The van der Waals surface area contributed by atoms with Crippen molar-refractivity contribution in [3.05, 3.63) is 11.5 Å². The van der Waals surface area contributed by atoms with Gasteiger partial charge in [-0.05, 0) is 12.8 Å². The number of hydrogen-bond donors (Lipinski definition) is 1. The van der Waals surface area contributed by atoms with Crippen LogP contribution in [0, 0.1) is 0 Å². The van der Waals surface area contributed by atoms with E-state index < -0.39 is 0 Å². The molecule has 0 spiro atoms. The summed E-state index contributed by atoms with van der Waals surface area (Å²) in [7, 11) is 2.00. The Hall–Kier alpha value is -0.990. The van der Waals surface area contributed by atoms with E-state index >= 15 is 0 Å². The second kappa shape index (κ2) is 6.56. The lowest BCUT2D eigenvalue weighted by atomic mass is 10.1. The Bertz CT molecular complexity index is 315. The Morgan fingerprint density at radius 1 is 1.12 bits per heavy atom. The standard InChI is InChI=1S/C13H25N3/c1-4-6-7-8-9-10-11-13(14)16(3)12(5-2)15-11/h4-10,14H2,1-3H3. The van der Waals surface area contributed by atoms with Crippen LogP contribution >= 0.6 is 0 Å². The van der Waals surface area contributed by atoms with Gasteiger partial charge in [0.2, 0.25) is 0 Å². The average Bonchev–Trinajstić information content (AvgIpc) is 2.56. The summed E-state index contributed by atoms with van der Waals surface area (Å²) in [6.07, 6.45) is 8.48. The van der Waals surface area contributed by atoms with E-state index in [9.17, 15) is 0 Å². The SMILES string of the molecule is CCCCCCCc1nc(CC)n(C)c1N.